The summed E-state index contributed by atoms with van der Waals surface area (Å²) in [7, 11) is 1.71. The van der Waals surface area contributed by atoms with Crippen LogP contribution in [0.2, 0.25) is 0 Å². The van der Waals surface area contributed by atoms with Gasteiger partial charge in [-0.3, -0.25) is 4.99 Å². The highest BCUT2D eigenvalue weighted by Crippen LogP contribution is 2.29. The van der Waals surface area contributed by atoms with Crippen molar-refractivity contribution in [2.24, 2.45) is 22.5 Å². The molecule has 0 unspecified atom stereocenters. The van der Waals surface area contributed by atoms with Gasteiger partial charge in [-0.05, 0) is 59.0 Å². The minimum Gasteiger partial charge on any atom is -0.464 e. The van der Waals surface area contributed by atoms with Crippen LogP contribution in [0, 0.1) is 5.92 Å². The number of hydrogen-bond donors (Lipinski definition) is 2. The van der Waals surface area contributed by atoms with Crippen LogP contribution in [0.15, 0.2) is 64.3 Å². The Morgan fingerprint density at radius 3 is 2.73 bits per heavy atom. The zero-order chi connectivity index (χ0) is 16.2. The Balaban J connectivity index is 2.54. The van der Waals surface area contributed by atoms with Crippen molar-refractivity contribution in [2.45, 2.75) is 12.8 Å². The van der Waals surface area contributed by atoms with Crippen LogP contribution < -0.4 is 11.6 Å². The maximum absolute atomic E-state index is 5.87. The minimum atomic E-state index is 0.590. The molecule has 1 aliphatic carbocycles. The van der Waals surface area contributed by atoms with Crippen molar-refractivity contribution in [1.82, 2.24) is 5.01 Å². The van der Waals surface area contributed by atoms with E-state index in [1.54, 1.807) is 42.8 Å². The van der Waals surface area contributed by atoms with Crippen LogP contribution in [-0.4, -0.2) is 24.8 Å². The molecule has 1 fully saturated rings. The van der Waals surface area contributed by atoms with Crippen LogP contribution in [-0.2, 0) is 4.74 Å². The second-order valence-corrected chi connectivity index (χ2v) is 5.62. The van der Waals surface area contributed by atoms with Gasteiger partial charge in [-0.15, -0.1) is 0 Å². The van der Waals surface area contributed by atoms with Gasteiger partial charge in [0.25, 0.3) is 0 Å². The summed E-state index contributed by atoms with van der Waals surface area (Å²) >= 11 is 3.35. The number of nitrogens with zero attached hydrogens (tertiary/aromatic N) is 2. The predicted molar refractivity (Wildman–Crippen MR) is 95.8 cm³/mol. The van der Waals surface area contributed by atoms with Crippen LogP contribution in [0.4, 0.5) is 0 Å². The molecule has 4 N–H and O–H groups in total. The predicted octanol–water partition coefficient (Wildman–Crippen LogP) is 2.95. The highest BCUT2D eigenvalue weighted by molar-refractivity contribution is 9.11. The Labute approximate surface area is 140 Å². The van der Waals surface area contributed by atoms with Crippen molar-refractivity contribution in [3.05, 3.63) is 59.3 Å². The molecule has 0 aromatic heterocycles. The van der Waals surface area contributed by atoms with Gasteiger partial charge in [-0.1, -0.05) is 6.08 Å². The fraction of sp³-hybridized carbons (Fsp3) is 0.312. The van der Waals surface area contributed by atoms with Gasteiger partial charge >= 0.3 is 0 Å². The van der Waals surface area contributed by atoms with E-state index in [1.807, 2.05) is 18.4 Å². The smallest absolute Gasteiger partial charge is 0.142 e. The van der Waals surface area contributed by atoms with Crippen LogP contribution in [0.3, 0.4) is 0 Å². The summed E-state index contributed by atoms with van der Waals surface area (Å²) in [5.74, 6) is 7.20. The molecule has 0 heterocycles. The highest BCUT2D eigenvalue weighted by Gasteiger charge is 2.21. The van der Waals surface area contributed by atoms with Crippen molar-refractivity contribution in [3.8, 4) is 0 Å². The Kier molecular flexibility index (Phi) is 9.02. The van der Waals surface area contributed by atoms with E-state index in [0.29, 0.717) is 10.2 Å². The van der Waals surface area contributed by atoms with E-state index in [-0.39, 0.29) is 0 Å². The third-order valence-corrected chi connectivity index (χ3v) is 3.46. The number of halogens is 1. The number of nitrogens with two attached hydrogens (primary N) is 2. The van der Waals surface area contributed by atoms with Crippen molar-refractivity contribution < 1.29 is 4.74 Å². The summed E-state index contributed by atoms with van der Waals surface area (Å²) in [6.45, 7) is 0.887. The molecule has 1 saturated carbocycles. The van der Waals surface area contributed by atoms with E-state index >= 15 is 0 Å². The Hall–Kier alpha value is -1.79. The molecule has 22 heavy (non-hydrogen) atoms. The lowest BCUT2D eigenvalue weighted by Gasteiger charge is -2.11. The van der Waals surface area contributed by atoms with E-state index in [1.165, 1.54) is 19.0 Å². The summed E-state index contributed by atoms with van der Waals surface area (Å²) in [6, 6.07) is 0. The maximum Gasteiger partial charge on any atom is 0.142 e. The van der Waals surface area contributed by atoms with Gasteiger partial charge in [0.1, 0.15) is 5.76 Å². The topological polar surface area (TPSA) is 76.9 Å². The van der Waals surface area contributed by atoms with Crippen molar-refractivity contribution in [2.75, 3.05) is 13.6 Å². The summed E-state index contributed by atoms with van der Waals surface area (Å²) in [4.78, 5) is 3.84. The van der Waals surface area contributed by atoms with Crippen molar-refractivity contribution in [1.29, 1.82) is 0 Å². The molecule has 0 bridgehead atoms. The van der Waals surface area contributed by atoms with Gasteiger partial charge in [0.2, 0.25) is 0 Å². The highest BCUT2D eigenvalue weighted by atomic mass is 79.9. The second kappa shape index (κ2) is 10.9. The molecule has 0 atom stereocenters. The number of ether oxygens (including phenoxy) is 1. The van der Waals surface area contributed by atoms with Gasteiger partial charge < -0.3 is 15.5 Å². The molecule has 120 valence electrons. The third-order valence-electron chi connectivity index (χ3n) is 2.80. The number of rotatable bonds is 9. The molecule has 0 aromatic carbocycles. The molecule has 6 heteroatoms. The van der Waals surface area contributed by atoms with Gasteiger partial charge in [0.15, 0.2) is 0 Å². The minimum absolute atomic E-state index is 0.590. The van der Waals surface area contributed by atoms with Gasteiger partial charge in [-0.25, -0.2) is 5.84 Å². The molecule has 0 aliphatic heterocycles. The van der Waals surface area contributed by atoms with Crippen LogP contribution in [0.5, 0.6) is 0 Å². The van der Waals surface area contributed by atoms with Crippen molar-refractivity contribution in [3.63, 3.8) is 0 Å². The average Bonchev–Trinajstić information content (AvgIpc) is 3.32. The van der Waals surface area contributed by atoms with Gasteiger partial charge in [0.05, 0.1) is 10.7 Å². The molecular weight excluding hydrogens is 344 g/mol. The van der Waals surface area contributed by atoms with E-state index in [4.69, 9.17) is 16.3 Å². The third kappa shape index (κ3) is 8.49. The number of hydrogen-bond acceptors (Lipinski definition) is 5. The zero-order valence-corrected chi connectivity index (χ0v) is 14.3. The number of hydrazine groups is 1. The number of aliphatic imine (C=N–C) groups is 1. The molecule has 0 amide bonds. The van der Waals surface area contributed by atoms with Gasteiger partial charge in [-0.2, -0.15) is 0 Å². The molecule has 0 radical (unpaired) electrons. The molecular formula is C16H23BrN4O. The van der Waals surface area contributed by atoms with Crippen LogP contribution in [0.25, 0.3) is 0 Å². The van der Waals surface area contributed by atoms with Crippen LogP contribution >= 0.6 is 15.9 Å². The number of allylic oxidation sites excluding steroid dienone is 6. The first kappa shape index (κ1) is 18.3. The Bertz CT molecular complexity index is 502. The first-order valence-corrected chi connectivity index (χ1v) is 7.85. The molecule has 0 spiro atoms. The normalized spacial score (nSPS) is 17.4. The molecule has 5 nitrogen and oxygen atoms in total. The summed E-state index contributed by atoms with van der Waals surface area (Å²) < 4.78 is 6.19. The Morgan fingerprint density at radius 2 is 2.09 bits per heavy atom. The van der Waals surface area contributed by atoms with E-state index in [2.05, 4.69) is 20.9 Å². The largest absolute Gasteiger partial charge is 0.464 e. The first-order chi connectivity index (χ1) is 10.7. The molecule has 1 rings (SSSR count). The van der Waals surface area contributed by atoms with E-state index in [0.717, 1.165) is 12.5 Å². The lowest BCUT2D eigenvalue weighted by atomic mass is 10.4. The standard InChI is InChI=1S/C16H23BrN4O/c1-20-9-3-2-4-11-22-16(15(17)12-18)6-5-10-21(19)13-14-7-8-14/h2-6,9-12,14H,7-8,13,18-19H2,1H3/b3-2-,10-5+,11-4+,15-12-,16-6+,20-9?. The zero-order valence-electron chi connectivity index (χ0n) is 12.7. The summed E-state index contributed by atoms with van der Waals surface area (Å²) in [6.07, 6.45) is 18.1. The maximum atomic E-state index is 5.87. The second-order valence-electron chi connectivity index (χ2n) is 4.77. The molecule has 0 saturated heterocycles. The van der Waals surface area contributed by atoms with E-state index < -0.39 is 0 Å². The Morgan fingerprint density at radius 1 is 1.32 bits per heavy atom. The lowest BCUT2D eigenvalue weighted by molar-refractivity contribution is 0.365. The summed E-state index contributed by atoms with van der Waals surface area (Å²) in [5, 5.41) is 1.69. The molecule has 0 aromatic rings. The monoisotopic (exact) mass is 366 g/mol. The fourth-order valence-corrected chi connectivity index (χ4v) is 1.74. The van der Waals surface area contributed by atoms with Crippen molar-refractivity contribution >= 4 is 22.1 Å². The summed E-state index contributed by atoms with van der Waals surface area (Å²) in [5.41, 5.74) is 5.50. The van der Waals surface area contributed by atoms with E-state index in [9.17, 15) is 0 Å². The first-order valence-electron chi connectivity index (χ1n) is 7.05. The van der Waals surface area contributed by atoms with Crippen LogP contribution in [0.1, 0.15) is 12.8 Å². The lowest BCUT2D eigenvalue weighted by Crippen LogP contribution is -2.26. The fourth-order valence-electron chi connectivity index (χ4n) is 1.52. The quantitative estimate of drug-likeness (QED) is 0.216. The van der Waals surface area contributed by atoms with Gasteiger partial charge in [0, 0.05) is 32.2 Å². The molecule has 1 aliphatic rings. The SMILES string of the molecule is CN=C/C=C\C=C\OC(=C/C=C/N(N)CC1CC1)/C(Br)=C/N. The average molecular weight is 367 g/mol.